The normalized spacial score (nSPS) is 10.2. The average molecular weight is 221 g/mol. The molecular formula is C12H9ClO2. The number of hydrogen-bond donors (Lipinski definition) is 0. The molecule has 0 radical (unpaired) electrons. The highest BCUT2D eigenvalue weighted by molar-refractivity contribution is 6.30. The van der Waals surface area contributed by atoms with E-state index in [1.165, 1.54) is 0 Å². The van der Waals surface area contributed by atoms with Crippen LogP contribution in [0.1, 0.15) is 5.76 Å². The molecule has 0 saturated heterocycles. The van der Waals surface area contributed by atoms with Crippen LogP contribution in [0.25, 0.3) is 11.3 Å². The zero-order chi connectivity index (χ0) is 10.7. The van der Waals surface area contributed by atoms with Gasteiger partial charge in [0.2, 0.25) is 0 Å². The van der Waals surface area contributed by atoms with Crippen LogP contribution in [-0.2, 0) is 11.2 Å². The highest BCUT2D eigenvalue weighted by Gasteiger charge is 2.03. The monoisotopic (exact) mass is 220 g/mol. The van der Waals surface area contributed by atoms with Crippen molar-refractivity contribution in [3.05, 3.63) is 47.2 Å². The molecule has 1 aromatic heterocycles. The van der Waals surface area contributed by atoms with Gasteiger partial charge in [0.25, 0.3) is 0 Å². The summed E-state index contributed by atoms with van der Waals surface area (Å²) in [6.07, 6.45) is 1.14. The van der Waals surface area contributed by atoms with Crippen LogP contribution >= 0.6 is 11.6 Å². The number of aldehydes is 1. The number of carbonyl (C=O) groups is 1. The first kappa shape index (κ1) is 9.99. The van der Waals surface area contributed by atoms with Crippen molar-refractivity contribution in [2.24, 2.45) is 0 Å². The Hall–Kier alpha value is -1.54. The number of hydrogen-bond acceptors (Lipinski definition) is 2. The number of benzene rings is 1. The molecule has 2 rings (SSSR count). The van der Waals surface area contributed by atoms with Gasteiger partial charge in [-0.05, 0) is 36.4 Å². The predicted octanol–water partition coefficient (Wildman–Crippen LogP) is 3.34. The largest absolute Gasteiger partial charge is 0.461 e. The Labute approximate surface area is 92.5 Å². The summed E-state index contributed by atoms with van der Waals surface area (Å²) >= 11 is 5.78. The second-order valence-electron chi connectivity index (χ2n) is 3.14. The van der Waals surface area contributed by atoms with Gasteiger partial charge in [0.1, 0.15) is 17.8 Å². The third kappa shape index (κ3) is 2.28. The Morgan fingerprint density at radius 2 is 1.87 bits per heavy atom. The lowest BCUT2D eigenvalue weighted by Gasteiger charge is -1.96. The number of carbonyl (C=O) groups excluding carboxylic acids is 1. The van der Waals surface area contributed by atoms with E-state index in [0.717, 1.165) is 17.6 Å². The highest BCUT2D eigenvalue weighted by Crippen LogP contribution is 2.23. The lowest BCUT2D eigenvalue weighted by Crippen LogP contribution is -1.79. The fraction of sp³-hybridized carbons (Fsp3) is 0.0833. The van der Waals surface area contributed by atoms with E-state index in [4.69, 9.17) is 16.0 Å². The zero-order valence-corrected chi connectivity index (χ0v) is 8.70. The van der Waals surface area contributed by atoms with Gasteiger partial charge in [0, 0.05) is 10.6 Å². The first-order valence-corrected chi connectivity index (χ1v) is 4.95. The third-order valence-electron chi connectivity index (χ3n) is 2.07. The highest BCUT2D eigenvalue weighted by atomic mass is 35.5. The van der Waals surface area contributed by atoms with Crippen molar-refractivity contribution in [1.82, 2.24) is 0 Å². The van der Waals surface area contributed by atoms with Crippen LogP contribution in [0.2, 0.25) is 5.02 Å². The summed E-state index contributed by atoms with van der Waals surface area (Å²) in [7, 11) is 0. The molecule has 3 heteroatoms. The molecule has 0 atom stereocenters. The van der Waals surface area contributed by atoms with E-state index in [1.807, 2.05) is 18.2 Å². The number of furan rings is 1. The van der Waals surface area contributed by atoms with Crippen molar-refractivity contribution >= 4 is 17.9 Å². The van der Waals surface area contributed by atoms with Crippen molar-refractivity contribution in [1.29, 1.82) is 0 Å². The molecule has 0 spiro atoms. The summed E-state index contributed by atoms with van der Waals surface area (Å²) < 4.78 is 5.48. The van der Waals surface area contributed by atoms with Crippen molar-refractivity contribution < 1.29 is 9.21 Å². The van der Waals surface area contributed by atoms with Crippen molar-refractivity contribution in [3.8, 4) is 11.3 Å². The molecule has 0 bridgehead atoms. The fourth-order valence-corrected chi connectivity index (χ4v) is 1.47. The molecule has 0 fully saturated rings. The maximum absolute atomic E-state index is 10.3. The van der Waals surface area contributed by atoms with Crippen LogP contribution in [0, 0.1) is 0 Å². The summed E-state index contributed by atoms with van der Waals surface area (Å²) in [6, 6.07) is 11.0. The van der Waals surface area contributed by atoms with E-state index >= 15 is 0 Å². The average Bonchev–Trinajstić information content (AvgIpc) is 2.68. The SMILES string of the molecule is O=CCc1ccc(-c2ccc(Cl)cc2)o1. The van der Waals surface area contributed by atoms with E-state index in [0.29, 0.717) is 17.2 Å². The minimum atomic E-state index is 0.313. The van der Waals surface area contributed by atoms with Crippen LogP contribution in [0.3, 0.4) is 0 Å². The van der Waals surface area contributed by atoms with Gasteiger partial charge in [-0.3, -0.25) is 0 Å². The maximum atomic E-state index is 10.3. The molecular weight excluding hydrogens is 212 g/mol. The molecule has 2 nitrogen and oxygen atoms in total. The summed E-state index contributed by atoms with van der Waals surface area (Å²) in [4.78, 5) is 10.3. The van der Waals surface area contributed by atoms with Crippen molar-refractivity contribution in [2.45, 2.75) is 6.42 Å². The van der Waals surface area contributed by atoms with E-state index in [2.05, 4.69) is 0 Å². The van der Waals surface area contributed by atoms with E-state index in [9.17, 15) is 4.79 Å². The van der Waals surface area contributed by atoms with Gasteiger partial charge < -0.3 is 9.21 Å². The molecule has 0 aliphatic heterocycles. The Balaban J connectivity index is 2.28. The minimum absolute atomic E-state index is 0.313. The molecule has 0 aliphatic carbocycles. The maximum Gasteiger partial charge on any atom is 0.134 e. The standard InChI is InChI=1S/C12H9ClO2/c13-10-3-1-9(2-4-10)12-6-5-11(15-12)7-8-14/h1-6,8H,7H2. The Morgan fingerprint density at radius 3 is 2.53 bits per heavy atom. The van der Waals surface area contributed by atoms with E-state index in [-0.39, 0.29) is 0 Å². The first-order valence-electron chi connectivity index (χ1n) is 4.58. The smallest absolute Gasteiger partial charge is 0.134 e. The van der Waals surface area contributed by atoms with Crippen molar-refractivity contribution in [2.75, 3.05) is 0 Å². The molecule has 0 aliphatic rings. The van der Waals surface area contributed by atoms with Crippen LogP contribution in [-0.4, -0.2) is 6.29 Å². The summed E-state index contributed by atoms with van der Waals surface area (Å²) in [5, 5.41) is 0.693. The molecule has 0 unspecified atom stereocenters. The predicted molar refractivity (Wildman–Crippen MR) is 58.9 cm³/mol. The number of rotatable bonds is 3. The van der Waals surface area contributed by atoms with E-state index < -0.39 is 0 Å². The second-order valence-corrected chi connectivity index (χ2v) is 3.58. The molecule has 1 aromatic carbocycles. The third-order valence-corrected chi connectivity index (χ3v) is 2.33. The van der Waals surface area contributed by atoms with E-state index in [1.54, 1.807) is 18.2 Å². The zero-order valence-electron chi connectivity index (χ0n) is 7.94. The van der Waals surface area contributed by atoms with Gasteiger partial charge in [-0.1, -0.05) is 11.6 Å². The molecule has 76 valence electrons. The lowest BCUT2D eigenvalue weighted by atomic mass is 10.2. The Kier molecular flexibility index (Phi) is 2.88. The topological polar surface area (TPSA) is 30.2 Å². The summed E-state index contributed by atoms with van der Waals surface area (Å²) in [6.45, 7) is 0. The first-order chi connectivity index (χ1) is 7.29. The van der Waals surface area contributed by atoms with Gasteiger partial charge in [-0.25, -0.2) is 0 Å². The molecule has 1 heterocycles. The van der Waals surface area contributed by atoms with Gasteiger partial charge in [0.05, 0.1) is 6.42 Å². The van der Waals surface area contributed by atoms with Gasteiger partial charge in [0.15, 0.2) is 0 Å². The van der Waals surface area contributed by atoms with Gasteiger partial charge in [-0.15, -0.1) is 0 Å². The van der Waals surface area contributed by atoms with Crippen molar-refractivity contribution in [3.63, 3.8) is 0 Å². The summed E-state index contributed by atoms with van der Waals surface area (Å²) in [5.41, 5.74) is 0.955. The van der Waals surface area contributed by atoms with Gasteiger partial charge >= 0.3 is 0 Å². The molecule has 0 N–H and O–H groups in total. The Bertz CT molecular complexity index is 457. The van der Waals surface area contributed by atoms with Gasteiger partial charge in [-0.2, -0.15) is 0 Å². The summed E-state index contributed by atoms with van der Waals surface area (Å²) in [5.74, 6) is 1.43. The Morgan fingerprint density at radius 1 is 1.13 bits per heavy atom. The van der Waals surface area contributed by atoms with Crippen LogP contribution in [0.4, 0.5) is 0 Å². The lowest BCUT2D eigenvalue weighted by molar-refractivity contribution is -0.107. The molecule has 15 heavy (non-hydrogen) atoms. The number of halogens is 1. The van der Waals surface area contributed by atoms with Crippen LogP contribution in [0.15, 0.2) is 40.8 Å². The van der Waals surface area contributed by atoms with Crippen LogP contribution in [0.5, 0.6) is 0 Å². The molecule has 0 amide bonds. The minimum Gasteiger partial charge on any atom is -0.461 e. The fourth-order valence-electron chi connectivity index (χ4n) is 1.34. The van der Waals surface area contributed by atoms with Crippen LogP contribution < -0.4 is 0 Å². The quantitative estimate of drug-likeness (QED) is 0.743. The second kappa shape index (κ2) is 4.32. The molecule has 2 aromatic rings. The molecule has 0 saturated carbocycles.